The van der Waals surface area contributed by atoms with Gasteiger partial charge in [0.25, 0.3) is 5.91 Å². The number of unbranched alkanes of at least 4 members (excludes halogenated alkanes) is 1. The SMILES string of the molecule is CCCCNS(=O)(=O)c1ccc(C(=O)Nc2ccc(C(=O)OC)cc2)cc1. The zero-order chi connectivity index (χ0) is 19.9. The summed E-state index contributed by atoms with van der Waals surface area (Å²) in [4.78, 5) is 23.8. The van der Waals surface area contributed by atoms with Gasteiger partial charge in [0.2, 0.25) is 10.0 Å². The minimum atomic E-state index is -3.57. The van der Waals surface area contributed by atoms with Crippen LogP contribution in [0, 0.1) is 0 Å². The Morgan fingerprint density at radius 1 is 0.963 bits per heavy atom. The van der Waals surface area contributed by atoms with Crippen LogP contribution >= 0.6 is 0 Å². The number of sulfonamides is 1. The Kier molecular flexibility index (Phi) is 7.09. The van der Waals surface area contributed by atoms with Gasteiger partial charge in [0.05, 0.1) is 17.6 Å². The molecule has 8 heteroatoms. The van der Waals surface area contributed by atoms with E-state index in [9.17, 15) is 18.0 Å². The van der Waals surface area contributed by atoms with E-state index in [1.54, 1.807) is 24.3 Å². The fourth-order valence-electron chi connectivity index (χ4n) is 2.26. The van der Waals surface area contributed by atoms with Crippen molar-refractivity contribution in [1.29, 1.82) is 0 Å². The average molecular weight is 390 g/mol. The van der Waals surface area contributed by atoms with E-state index in [0.29, 0.717) is 23.4 Å². The lowest BCUT2D eigenvalue weighted by Gasteiger charge is -2.08. The van der Waals surface area contributed by atoms with Gasteiger partial charge in [0.15, 0.2) is 0 Å². The highest BCUT2D eigenvalue weighted by molar-refractivity contribution is 7.89. The molecule has 27 heavy (non-hydrogen) atoms. The molecule has 2 aromatic rings. The Bertz CT molecular complexity index is 891. The quantitative estimate of drug-likeness (QED) is 0.533. The van der Waals surface area contributed by atoms with Gasteiger partial charge in [0, 0.05) is 17.8 Å². The van der Waals surface area contributed by atoms with Crippen molar-refractivity contribution in [2.45, 2.75) is 24.7 Å². The van der Waals surface area contributed by atoms with Crippen LogP contribution in [0.3, 0.4) is 0 Å². The molecule has 0 aliphatic rings. The van der Waals surface area contributed by atoms with Crippen molar-refractivity contribution < 1.29 is 22.7 Å². The molecule has 0 aliphatic carbocycles. The highest BCUT2D eigenvalue weighted by atomic mass is 32.2. The van der Waals surface area contributed by atoms with E-state index >= 15 is 0 Å². The molecule has 0 spiro atoms. The van der Waals surface area contributed by atoms with Gasteiger partial charge in [-0.1, -0.05) is 13.3 Å². The Morgan fingerprint density at radius 2 is 1.56 bits per heavy atom. The minimum absolute atomic E-state index is 0.109. The normalized spacial score (nSPS) is 11.0. The first-order valence-corrected chi connectivity index (χ1v) is 9.95. The zero-order valence-corrected chi connectivity index (χ0v) is 16.0. The molecule has 0 atom stereocenters. The standard InChI is InChI=1S/C19H22N2O5S/c1-3-4-13-20-27(24,25)17-11-7-14(8-12-17)18(22)21-16-9-5-15(6-10-16)19(23)26-2/h5-12,20H,3-4,13H2,1-2H3,(H,21,22). The van der Waals surface area contributed by atoms with Crippen LogP contribution in [0.2, 0.25) is 0 Å². The summed E-state index contributed by atoms with van der Waals surface area (Å²) in [6.45, 7) is 2.35. The largest absolute Gasteiger partial charge is 0.465 e. The lowest BCUT2D eigenvalue weighted by molar-refractivity contribution is 0.0600. The predicted molar refractivity (Wildman–Crippen MR) is 102 cm³/mol. The van der Waals surface area contributed by atoms with E-state index in [-0.39, 0.29) is 10.8 Å². The van der Waals surface area contributed by atoms with Crippen molar-refractivity contribution in [2.75, 3.05) is 19.0 Å². The van der Waals surface area contributed by atoms with E-state index < -0.39 is 16.0 Å². The molecule has 0 fully saturated rings. The maximum atomic E-state index is 12.3. The van der Waals surface area contributed by atoms with Crippen LogP contribution < -0.4 is 10.0 Å². The maximum absolute atomic E-state index is 12.3. The van der Waals surface area contributed by atoms with Crippen molar-refractivity contribution in [2.24, 2.45) is 0 Å². The van der Waals surface area contributed by atoms with Crippen molar-refractivity contribution in [3.8, 4) is 0 Å². The van der Waals surface area contributed by atoms with Crippen LogP contribution in [0.15, 0.2) is 53.4 Å². The first-order valence-electron chi connectivity index (χ1n) is 8.47. The first kappa shape index (κ1) is 20.6. The van der Waals surface area contributed by atoms with Gasteiger partial charge >= 0.3 is 5.97 Å². The maximum Gasteiger partial charge on any atom is 0.337 e. The summed E-state index contributed by atoms with van der Waals surface area (Å²) in [5.41, 5.74) is 1.20. The number of nitrogens with one attached hydrogen (secondary N) is 2. The minimum Gasteiger partial charge on any atom is -0.465 e. The molecule has 144 valence electrons. The lowest BCUT2D eigenvalue weighted by atomic mass is 10.2. The molecule has 1 amide bonds. The molecule has 0 saturated heterocycles. The van der Waals surface area contributed by atoms with E-state index in [0.717, 1.165) is 12.8 Å². The number of carbonyl (C=O) groups excluding carboxylic acids is 2. The second-order valence-electron chi connectivity index (χ2n) is 5.80. The molecule has 0 saturated carbocycles. The number of hydrogen-bond donors (Lipinski definition) is 2. The predicted octanol–water partition coefficient (Wildman–Crippen LogP) is 2.80. The Hall–Kier alpha value is -2.71. The number of benzene rings is 2. The monoisotopic (exact) mass is 390 g/mol. The Labute approximate surface area is 158 Å². The molecule has 2 N–H and O–H groups in total. The number of esters is 1. The number of carbonyl (C=O) groups is 2. The third kappa shape index (κ3) is 5.63. The van der Waals surface area contributed by atoms with E-state index in [2.05, 4.69) is 14.8 Å². The number of amides is 1. The zero-order valence-electron chi connectivity index (χ0n) is 15.2. The molecule has 0 radical (unpaired) electrons. The summed E-state index contributed by atoms with van der Waals surface area (Å²) >= 11 is 0. The Balaban J connectivity index is 2.04. The van der Waals surface area contributed by atoms with Crippen molar-refractivity contribution >= 4 is 27.6 Å². The molecule has 0 bridgehead atoms. The third-order valence-electron chi connectivity index (χ3n) is 3.81. The lowest BCUT2D eigenvalue weighted by Crippen LogP contribution is -2.24. The molecule has 2 rings (SSSR count). The van der Waals surface area contributed by atoms with Gasteiger partial charge in [-0.2, -0.15) is 0 Å². The van der Waals surface area contributed by atoms with Crippen LogP contribution in [-0.4, -0.2) is 33.9 Å². The van der Waals surface area contributed by atoms with Crippen molar-refractivity contribution in [1.82, 2.24) is 4.72 Å². The second-order valence-corrected chi connectivity index (χ2v) is 7.57. The first-order chi connectivity index (χ1) is 12.9. The summed E-state index contributed by atoms with van der Waals surface area (Å²) in [5, 5.41) is 2.69. The van der Waals surface area contributed by atoms with Crippen LogP contribution in [0.1, 0.15) is 40.5 Å². The third-order valence-corrected chi connectivity index (χ3v) is 5.29. The fourth-order valence-corrected chi connectivity index (χ4v) is 3.34. The van der Waals surface area contributed by atoms with Crippen molar-refractivity contribution in [3.05, 3.63) is 59.7 Å². The van der Waals surface area contributed by atoms with E-state index in [1.807, 2.05) is 6.92 Å². The summed E-state index contributed by atoms with van der Waals surface area (Å²) in [6.07, 6.45) is 1.65. The smallest absolute Gasteiger partial charge is 0.337 e. The van der Waals surface area contributed by atoms with Gasteiger partial charge in [-0.15, -0.1) is 0 Å². The van der Waals surface area contributed by atoms with E-state index in [1.165, 1.54) is 31.4 Å². The summed E-state index contributed by atoms with van der Waals surface area (Å²) in [7, 11) is -2.28. The number of hydrogen-bond acceptors (Lipinski definition) is 5. The highest BCUT2D eigenvalue weighted by Crippen LogP contribution is 2.14. The average Bonchev–Trinajstić information content (AvgIpc) is 2.68. The summed E-state index contributed by atoms with van der Waals surface area (Å²) in [6, 6.07) is 11.9. The molecule has 0 aliphatic heterocycles. The van der Waals surface area contributed by atoms with Gasteiger partial charge in [-0.3, -0.25) is 4.79 Å². The number of anilines is 1. The van der Waals surface area contributed by atoms with Crippen LogP contribution in [0.25, 0.3) is 0 Å². The molecule has 0 unspecified atom stereocenters. The number of methoxy groups -OCH3 is 1. The topological polar surface area (TPSA) is 102 Å². The molecule has 0 heterocycles. The highest BCUT2D eigenvalue weighted by Gasteiger charge is 2.14. The Morgan fingerprint density at radius 3 is 2.11 bits per heavy atom. The molecule has 7 nitrogen and oxygen atoms in total. The summed E-state index contributed by atoms with van der Waals surface area (Å²) < 4.78 is 31.4. The van der Waals surface area contributed by atoms with Crippen LogP contribution in [0.5, 0.6) is 0 Å². The van der Waals surface area contributed by atoms with Gasteiger partial charge in [0.1, 0.15) is 0 Å². The molecular formula is C19H22N2O5S. The van der Waals surface area contributed by atoms with Gasteiger partial charge in [-0.25, -0.2) is 17.9 Å². The molecular weight excluding hydrogens is 368 g/mol. The number of rotatable bonds is 8. The molecule has 0 aromatic heterocycles. The fraction of sp³-hybridized carbons (Fsp3) is 0.263. The van der Waals surface area contributed by atoms with Gasteiger partial charge < -0.3 is 10.1 Å². The second kappa shape index (κ2) is 9.29. The summed E-state index contributed by atoms with van der Waals surface area (Å²) in [5.74, 6) is -0.846. The van der Waals surface area contributed by atoms with Crippen molar-refractivity contribution in [3.63, 3.8) is 0 Å². The van der Waals surface area contributed by atoms with Crippen LogP contribution in [0.4, 0.5) is 5.69 Å². The number of ether oxygens (including phenoxy) is 1. The molecule has 2 aromatic carbocycles. The van der Waals surface area contributed by atoms with Crippen LogP contribution in [-0.2, 0) is 14.8 Å². The van der Waals surface area contributed by atoms with Gasteiger partial charge in [-0.05, 0) is 55.0 Å². The van der Waals surface area contributed by atoms with E-state index in [4.69, 9.17) is 0 Å².